The molecule has 0 aliphatic heterocycles. The smallest absolute Gasteiger partial charge is 0.142 e. The van der Waals surface area contributed by atoms with Gasteiger partial charge in [-0.3, -0.25) is 4.98 Å². The van der Waals surface area contributed by atoms with Crippen molar-refractivity contribution in [3.05, 3.63) is 34.6 Å². The molecule has 0 radical (unpaired) electrons. The molecular formula is C14H21ClN2O2. The Labute approximate surface area is 119 Å². The summed E-state index contributed by atoms with van der Waals surface area (Å²) < 4.78 is 10.7. The summed E-state index contributed by atoms with van der Waals surface area (Å²) in [4.78, 5) is 4.49. The molecule has 0 unspecified atom stereocenters. The van der Waals surface area contributed by atoms with Gasteiger partial charge in [-0.15, -0.1) is 0 Å². The monoisotopic (exact) mass is 284 g/mol. The van der Waals surface area contributed by atoms with E-state index in [4.69, 9.17) is 21.1 Å². The molecule has 0 amide bonds. The van der Waals surface area contributed by atoms with Gasteiger partial charge in [0.1, 0.15) is 12.4 Å². The maximum absolute atomic E-state index is 5.72. The van der Waals surface area contributed by atoms with Gasteiger partial charge in [-0.25, -0.2) is 0 Å². The third-order valence-electron chi connectivity index (χ3n) is 2.49. The van der Waals surface area contributed by atoms with Crippen molar-refractivity contribution in [3.8, 4) is 5.75 Å². The topological polar surface area (TPSA) is 43.4 Å². The maximum Gasteiger partial charge on any atom is 0.142 e. The second-order valence-electron chi connectivity index (χ2n) is 4.31. The summed E-state index contributed by atoms with van der Waals surface area (Å²) in [7, 11) is 1.68. The number of nitrogens with zero attached hydrogens (tertiary/aromatic N) is 1. The lowest BCUT2D eigenvalue weighted by atomic mass is 10.2. The Kier molecular flexibility index (Phi) is 7.48. The van der Waals surface area contributed by atoms with Crippen LogP contribution >= 0.6 is 11.6 Å². The highest BCUT2D eigenvalue weighted by molar-refractivity contribution is 6.25. The van der Waals surface area contributed by atoms with E-state index in [9.17, 15) is 0 Å². The highest BCUT2D eigenvalue weighted by atomic mass is 35.5. The molecule has 4 nitrogen and oxygen atoms in total. The van der Waals surface area contributed by atoms with E-state index in [1.54, 1.807) is 7.11 Å². The van der Waals surface area contributed by atoms with Crippen LogP contribution in [0.25, 0.3) is 0 Å². The number of pyridine rings is 1. The second kappa shape index (κ2) is 8.91. The van der Waals surface area contributed by atoms with E-state index in [0.717, 1.165) is 29.3 Å². The number of aromatic nitrogens is 1. The Balaban J connectivity index is 2.63. The van der Waals surface area contributed by atoms with Crippen LogP contribution in [0.4, 0.5) is 0 Å². The van der Waals surface area contributed by atoms with Crippen LogP contribution < -0.4 is 10.1 Å². The number of hydrogen-bond donors (Lipinski definition) is 1. The summed E-state index contributed by atoms with van der Waals surface area (Å²) in [5, 5.41) is 3.26. The number of methoxy groups -OCH3 is 1. The average Bonchev–Trinajstić information content (AvgIpc) is 2.42. The first kappa shape index (κ1) is 16.0. The van der Waals surface area contributed by atoms with Crippen molar-refractivity contribution >= 4 is 11.6 Å². The fourth-order valence-corrected chi connectivity index (χ4v) is 1.52. The van der Waals surface area contributed by atoms with E-state index in [1.165, 1.54) is 5.54 Å². The van der Waals surface area contributed by atoms with Gasteiger partial charge in [0.2, 0.25) is 0 Å². The van der Waals surface area contributed by atoms with Crippen molar-refractivity contribution in [1.29, 1.82) is 0 Å². The number of aryl methyl sites for hydroxylation is 1. The Morgan fingerprint density at radius 3 is 2.95 bits per heavy atom. The Morgan fingerprint density at radius 1 is 1.47 bits per heavy atom. The normalized spacial score (nSPS) is 11.7. The molecule has 0 aliphatic carbocycles. The molecular weight excluding hydrogens is 264 g/mol. The van der Waals surface area contributed by atoms with E-state index in [0.29, 0.717) is 19.8 Å². The van der Waals surface area contributed by atoms with Gasteiger partial charge in [0.25, 0.3) is 0 Å². The van der Waals surface area contributed by atoms with Crippen LogP contribution in [0, 0.1) is 6.92 Å². The molecule has 0 bridgehead atoms. The van der Waals surface area contributed by atoms with E-state index < -0.39 is 0 Å². The number of ether oxygens (including phenoxy) is 2. The van der Waals surface area contributed by atoms with E-state index in [2.05, 4.69) is 10.3 Å². The van der Waals surface area contributed by atoms with Crippen molar-refractivity contribution in [1.82, 2.24) is 10.3 Å². The van der Waals surface area contributed by atoms with Crippen molar-refractivity contribution in [2.75, 3.05) is 26.9 Å². The zero-order valence-corrected chi connectivity index (χ0v) is 12.5. The zero-order chi connectivity index (χ0) is 14.1. The van der Waals surface area contributed by atoms with Crippen molar-refractivity contribution in [3.63, 3.8) is 0 Å². The molecule has 0 aliphatic rings. The lowest BCUT2D eigenvalue weighted by Crippen LogP contribution is -2.20. The van der Waals surface area contributed by atoms with Gasteiger partial charge in [0.15, 0.2) is 0 Å². The van der Waals surface area contributed by atoms with Gasteiger partial charge in [0.05, 0.1) is 12.3 Å². The predicted molar refractivity (Wildman–Crippen MR) is 77.7 cm³/mol. The molecule has 0 spiro atoms. The van der Waals surface area contributed by atoms with Crippen LogP contribution in [0.1, 0.15) is 18.3 Å². The summed E-state index contributed by atoms with van der Waals surface area (Å²) in [5.74, 6) is 0.786. The molecule has 106 valence electrons. The van der Waals surface area contributed by atoms with E-state index >= 15 is 0 Å². The van der Waals surface area contributed by atoms with Crippen LogP contribution in [0.2, 0.25) is 0 Å². The van der Waals surface area contributed by atoms with Crippen molar-refractivity contribution in [2.24, 2.45) is 0 Å². The SMILES string of the molecule is COCCNCc1nc(C)ccc1OC/C(C)=C/Cl. The summed E-state index contributed by atoms with van der Waals surface area (Å²) in [6, 6.07) is 3.88. The fourth-order valence-electron chi connectivity index (χ4n) is 1.46. The number of nitrogens with one attached hydrogen (secondary N) is 1. The van der Waals surface area contributed by atoms with Crippen LogP contribution in [0.15, 0.2) is 23.2 Å². The van der Waals surface area contributed by atoms with Gasteiger partial charge in [-0.2, -0.15) is 0 Å². The zero-order valence-electron chi connectivity index (χ0n) is 11.7. The maximum atomic E-state index is 5.72. The van der Waals surface area contributed by atoms with Crippen LogP contribution in [0.3, 0.4) is 0 Å². The van der Waals surface area contributed by atoms with Crippen LogP contribution in [-0.4, -0.2) is 31.9 Å². The van der Waals surface area contributed by atoms with E-state index in [1.807, 2.05) is 26.0 Å². The molecule has 0 fully saturated rings. The fraction of sp³-hybridized carbons (Fsp3) is 0.500. The third-order valence-corrected chi connectivity index (χ3v) is 2.86. The second-order valence-corrected chi connectivity index (χ2v) is 4.53. The molecule has 0 aromatic carbocycles. The number of rotatable bonds is 8. The number of hydrogen-bond acceptors (Lipinski definition) is 4. The first-order valence-electron chi connectivity index (χ1n) is 6.22. The molecule has 1 heterocycles. The molecule has 5 heteroatoms. The summed E-state index contributed by atoms with van der Waals surface area (Å²) in [6.45, 7) is 6.48. The minimum atomic E-state index is 0.472. The van der Waals surface area contributed by atoms with Gasteiger partial charge in [-0.05, 0) is 31.6 Å². The molecule has 0 saturated carbocycles. The standard InChI is InChI=1S/C14H21ClN2O2/c1-11(8-15)10-19-14-5-4-12(2)17-13(14)9-16-6-7-18-3/h4-5,8,16H,6-7,9-10H2,1-3H3/b11-8+. The largest absolute Gasteiger partial charge is 0.487 e. The molecule has 1 aromatic heterocycles. The van der Waals surface area contributed by atoms with Gasteiger partial charge < -0.3 is 14.8 Å². The summed E-state index contributed by atoms with van der Waals surface area (Å²) in [5.41, 5.74) is 4.37. The Bertz CT molecular complexity index is 422. The molecule has 19 heavy (non-hydrogen) atoms. The lowest BCUT2D eigenvalue weighted by molar-refractivity contribution is 0.199. The quantitative estimate of drug-likeness (QED) is 0.746. The number of halogens is 1. The first-order chi connectivity index (χ1) is 9.17. The first-order valence-corrected chi connectivity index (χ1v) is 6.66. The Hall–Kier alpha value is -1.10. The molecule has 1 rings (SSSR count). The average molecular weight is 285 g/mol. The molecule has 1 N–H and O–H groups in total. The molecule has 0 saturated heterocycles. The Morgan fingerprint density at radius 2 is 2.26 bits per heavy atom. The van der Waals surface area contributed by atoms with Gasteiger partial charge >= 0.3 is 0 Å². The third kappa shape index (κ3) is 6.05. The minimum absolute atomic E-state index is 0.472. The minimum Gasteiger partial charge on any atom is -0.487 e. The summed E-state index contributed by atoms with van der Waals surface area (Å²) >= 11 is 5.62. The van der Waals surface area contributed by atoms with Crippen molar-refractivity contribution in [2.45, 2.75) is 20.4 Å². The highest BCUT2D eigenvalue weighted by Crippen LogP contribution is 2.17. The molecule has 1 aromatic rings. The van der Waals surface area contributed by atoms with Gasteiger partial charge in [0, 0.05) is 31.4 Å². The highest BCUT2D eigenvalue weighted by Gasteiger charge is 2.06. The van der Waals surface area contributed by atoms with Crippen LogP contribution in [-0.2, 0) is 11.3 Å². The van der Waals surface area contributed by atoms with E-state index in [-0.39, 0.29) is 0 Å². The van der Waals surface area contributed by atoms with Gasteiger partial charge in [-0.1, -0.05) is 11.6 Å². The predicted octanol–water partition coefficient (Wildman–Crippen LogP) is 2.65. The van der Waals surface area contributed by atoms with Crippen LogP contribution in [0.5, 0.6) is 5.75 Å². The molecule has 0 atom stereocenters. The summed E-state index contributed by atoms with van der Waals surface area (Å²) in [6.07, 6.45) is 0. The lowest BCUT2D eigenvalue weighted by Gasteiger charge is -2.12. The van der Waals surface area contributed by atoms with Crippen molar-refractivity contribution < 1.29 is 9.47 Å².